The van der Waals surface area contributed by atoms with Crippen LogP contribution in [0.4, 0.5) is 0 Å². The highest BCUT2D eigenvalue weighted by Crippen LogP contribution is 2.30. The van der Waals surface area contributed by atoms with Crippen molar-refractivity contribution in [3.63, 3.8) is 0 Å². The fourth-order valence-electron chi connectivity index (χ4n) is 3.74. The fourth-order valence-corrected chi connectivity index (χ4v) is 3.74. The van der Waals surface area contributed by atoms with Gasteiger partial charge in [-0.05, 0) is 84.6 Å². The molecule has 0 bridgehead atoms. The van der Waals surface area contributed by atoms with Gasteiger partial charge in [0.05, 0.1) is 11.4 Å². The summed E-state index contributed by atoms with van der Waals surface area (Å²) in [5.74, 6) is 0.804. The fraction of sp³-hybridized carbons (Fsp3) is 0.280. The maximum atomic E-state index is 12.4. The molecule has 0 aliphatic rings. The van der Waals surface area contributed by atoms with E-state index in [1.165, 1.54) is 9.36 Å². The molecular formula is C25H27N5O2. The van der Waals surface area contributed by atoms with Crippen LogP contribution in [0.2, 0.25) is 0 Å². The van der Waals surface area contributed by atoms with Gasteiger partial charge in [-0.1, -0.05) is 25.1 Å². The minimum atomic E-state index is -0.296. The SMILES string of the molecule is CCc1cccc(-c2cc(C)c(OCc3c(C)cccc3-n3nnn(C)c3=O)cc2C)n1. The molecule has 0 atom stereocenters. The number of nitrogens with zero attached hydrogens (tertiary/aromatic N) is 5. The molecule has 0 aliphatic heterocycles. The first kappa shape index (κ1) is 21.5. The second-order valence-electron chi connectivity index (χ2n) is 7.96. The summed E-state index contributed by atoms with van der Waals surface area (Å²) >= 11 is 0. The van der Waals surface area contributed by atoms with Gasteiger partial charge in [0.15, 0.2) is 0 Å². The smallest absolute Gasteiger partial charge is 0.368 e. The van der Waals surface area contributed by atoms with Crippen molar-refractivity contribution in [2.24, 2.45) is 7.05 Å². The van der Waals surface area contributed by atoms with Crippen molar-refractivity contribution < 1.29 is 4.74 Å². The van der Waals surface area contributed by atoms with Crippen LogP contribution < -0.4 is 10.4 Å². The van der Waals surface area contributed by atoms with Gasteiger partial charge in [-0.3, -0.25) is 4.98 Å². The van der Waals surface area contributed by atoms with Crippen LogP contribution in [0.5, 0.6) is 5.75 Å². The van der Waals surface area contributed by atoms with Crippen LogP contribution in [-0.2, 0) is 20.1 Å². The van der Waals surface area contributed by atoms with Crippen molar-refractivity contribution in [2.45, 2.75) is 40.7 Å². The standard InChI is InChI=1S/C25H27N5O2/c1-6-19-10-8-11-22(26-19)20-13-18(4)24(14-17(20)3)32-15-21-16(2)9-7-12-23(21)30-25(31)29(5)27-28-30/h7-14H,6,15H2,1-5H3. The molecule has 0 amide bonds. The Bertz CT molecular complexity index is 1340. The molecule has 0 saturated heterocycles. The van der Waals surface area contributed by atoms with Gasteiger partial charge in [0, 0.05) is 23.9 Å². The lowest BCUT2D eigenvalue weighted by Crippen LogP contribution is -2.23. The van der Waals surface area contributed by atoms with Crippen molar-refractivity contribution in [3.05, 3.63) is 87.0 Å². The summed E-state index contributed by atoms with van der Waals surface area (Å²) in [5, 5.41) is 7.82. The highest BCUT2D eigenvalue weighted by atomic mass is 16.5. The Morgan fingerprint density at radius 3 is 2.44 bits per heavy atom. The molecule has 2 aromatic heterocycles. The Hall–Kier alpha value is -3.74. The first-order valence-corrected chi connectivity index (χ1v) is 10.7. The van der Waals surface area contributed by atoms with Gasteiger partial charge < -0.3 is 4.74 Å². The van der Waals surface area contributed by atoms with Crippen molar-refractivity contribution in [1.29, 1.82) is 0 Å². The Morgan fingerprint density at radius 1 is 0.938 bits per heavy atom. The van der Waals surface area contributed by atoms with Gasteiger partial charge in [-0.2, -0.15) is 9.36 Å². The van der Waals surface area contributed by atoms with Gasteiger partial charge in [-0.15, -0.1) is 0 Å². The number of hydrogen-bond donors (Lipinski definition) is 0. The molecule has 0 unspecified atom stereocenters. The minimum Gasteiger partial charge on any atom is -0.489 e. The number of hydrogen-bond acceptors (Lipinski definition) is 5. The number of pyridine rings is 1. The number of rotatable bonds is 6. The molecule has 4 rings (SSSR count). The summed E-state index contributed by atoms with van der Waals surface area (Å²) in [5.41, 5.74) is 7.58. The molecule has 0 fully saturated rings. The monoisotopic (exact) mass is 429 g/mol. The van der Waals surface area contributed by atoms with E-state index >= 15 is 0 Å². The van der Waals surface area contributed by atoms with Crippen molar-refractivity contribution in [2.75, 3.05) is 0 Å². The molecule has 2 heterocycles. The molecule has 0 saturated carbocycles. The molecule has 32 heavy (non-hydrogen) atoms. The van der Waals surface area contributed by atoms with Crippen molar-refractivity contribution in [3.8, 4) is 22.7 Å². The number of ether oxygens (including phenoxy) is 1. The normalized spacial score (nSPS) is 11.0. The second-order valence-corrected chi connectivity index (χ2v) is 7.96. The molecule has 2 aromatic carbocycles. The summed E-state index contributed by atoms with van der Waals surface area (Å²) < 4.78 is 8.75. The summed E-state index contributed by atoms with van der Waals surface area (Å²) in [6.45, 7) is 8.52. The minimum absolute atomic E-state index is 0.296. The summed E-state index contributed by atoms with van der Waals surface area (Å²) in [7, 11) is 1.58. The van der Waals surface area contributed by atoms with Gasteiger partial charge in [0.2, 0.25) is 0 Å². The van der Waals surface area contributed by atoms with E-state index in [-0.39, 0.29) is 5.69 Å². The van der Waals surface area contributed by atoms with Crippen LogP contribution in [0.15, 0.2) is 53.3 Å². The lowest BCUT2D eigenvalue weighted by molar-refractivity contribution is 0.302. The molecular weight excluding hydrogens is 402 g/mol. The van der Waals surface area contributed by atoms with E-state index in [4.69, 9.17) is 9.72 Å². The van der Waals surface area contributed by atoms with E-state index in [1.54, 1.807) is 7.05 Å². The van der Waals surface area contributed by atoms with E-state index in [1.807, 2.05) is 44.2 Å². The van der Waals surface area contributed by atoms with Gasteiger partial charge in [0.1, 0.15) is 12.4 Å². The average molecular weight is 430 g/mol. The molecule has 0 N–H and O–H groups in total. The maximum Gasteiger partial charge on any atom is 0.368 e. The van der Waals surface area contributed by atoms with Gasteiger partial charge >= 0.3 is 5.69 Å². The Labute approximate surface area is 187 Å². The van der Waals surface area contributed by atoms with Crippen molar-refractivity contribution >= 4 is 0 Å². The Balaban J connectivity index is 1.65. The van der Waals surface area contributed by atoms with Crippen molar-refractivity contribution in [1.82, 2.24) is 24.8 Å². The zero-order chi connectivity index (χ0) is 22.8. The highest BCUT2D eigenvalue weighted by molar-refractivity contribution is 5.66. The predicted molar refractivity (Wildman–Crippen MR) is 124 cm³/mol. The Morgan fingerprint density at radius 2 is 1.72 bits per heavy atom. The van der Waals surface area contributed by atoms with Crippen LogP contribution in [0.25, 0.3) is 16.9 Å². The third-order valence-corrected chi connectivity index (χ3v) is 5.67. The molecule has 7 heteroatoms. The lowest BCUT2D eigenvalue weighted by Gasteiger charge is -2.16. The molecule has 0 spiro atoms. The van der Waals surface area contributed by atoms with Gasteiger partial charge in [-0.25, -0.2) is 4.79 Å². The Kier molecular flexibility index (Phi) is 5.90. The van der Waals surface area contributed by atoms with Crippen LogP contribution >= 0.6 is 0 Å². The number of benzene rings is 2. The summed E-state index contributed by atoms with van der Waals surface area (Å²) in [6.07, 6.45) is 0.903. The highest BCUT2D eigenvalue weighted by Gasteiger charge is 2.15. The zero-order valence-electron chi connectivity index (χ0n) is 19.1. The van der Waals surface area contributed by atoms with E-state index < -0.39 is 0 Å². The quantitative estimate of drug-likeness (QED) is 0.461. The second kappa shape index (κ2) is 8.78. The number of aryl methyl sites for hydroxylation is 5. The van der Waals surface area contributed by atoms with Crippen LogP contribution in [0.1, 0.15) is 34.9 Å². The summed E-state index contributed by atoms with van der Waals surface area (Å²) in [4.78, 5) is 17.1. The van der Waals surface area contributed by atoms with E-state index in [0.29, 0.717) is 12.3 Å². The average Bonchev–Trinajstić information content (AvgIpc) is 3.12. The van der Waals surface area contributed by atoms with E-state index in [0.717, 1.165) is 51.4 Å². The molecule has 164 valence electrons. The molecule has 4 aromatic rings. The van der Waals surface area contributed by atoms with Crippen LogP contribution in [0.3, 0.4) is 0 Å². The lowest BCUT2D eigenvalue weighted by atomic mass is 10.0. The number of aromatic nitrogens is 5. The van der Waals surface area contributed by atoms with Gasteiger partial charge in [0.25, 0.3) is 0 Å². The molecule has 7 nitrogen and oxygen atoms in total. The predicted octanol–water partition coefficient (Wildman–Crippen LogP) is 4.09. The number of tetrazole rings is 1. The largest absolute Gasteiger partial charge is 0.489 e. The first-order chi connectivity index (χ1) is 15.4. The first-order valence-electron chi connectivity index (χ1n) is 10.7. The maximum absolute atomic E-state index is 12.4. The zero-order valence-corrected chi connectivity index (χ0v) is 19.1. The van der Waals surface area contributed by atoms with Crippen LogP contribution in [0, 0.1) is 20.8 Å². The third kappa shape index (κ3) is 4.06. The third-order valence-electron chi connectivity index (χ3n) is 5.67. The van der Waals surface area contributed by atoms with E-state index in [9.17, 15) is 4.79 Å². The summed E-state index contributed by atoms with van der Waals surface area (Å²) in [6, 6.07) is 16.1. The van der Waals surface area contributed by atoms with Crippen LogP contribution in [-0.4, -0.2) is 24.8 Å². The molecule has 0 radical (unpaired) electrons. The van der Waals surface area contributed by atoms with E-state index in [2.05, 4.69) is 42.5 Å². The molecule has 0 aliphatic carbocycles. The topological polar surface area (TPSA) is 74.8 Å².